The van der Waals surface area contributed by atoms with Crippen molar-refractivity contribution in [3.8, 4) is 0 Å². The Morgan fingerprint density at radius 3 is 2.84 bits per heavy atom. The van der Waals surface area contributed by atoms with Crippen molar-refractivity contribution in [2.75, 3.05) is 20.1 Å². The molecule has 0 spiro atoms. The lowest BCUT2D eigenvalue weighted by atomic mass is 10.2. The third kappa shape index (κ3) is 2.82. The lowest BCUT2D eigenvalue weighted by Crippen LogP contribution is -2.30. The van der Waals surface area contributed by atoms with E-state index in [1.807, 2.05) is 18.2 Å². The van der Waals surface area contributed by atoms with Crippen LogP contribution in [-0.2, 0) is 0 Å². The number of likely N-dealkylation sites (N-methyl/N-ethyl adjacent to an activating group) is 1. The van der Waals surface area contributed by atoms with Crippen LogP contribution in [0.1, 0.15) is 25.1 Å². The van der Waals surface area contributed by atoms with Gasteiger partial charge in [-0.3, -0.25) is 0 Å². The van der Waals surface area contributed by atoms with Gasteiger partial charge in [0.1, 0.15) is 11.3 Å². The molecule has 1 heterocycles. The minimum atomic E-state index is -0.0496. The van der Waals surface area contributed by atoms with Crippen molar-refractivity contribution in [2.45, 2.75) is 19.4 Å². The number of nitrogens with zero attached hydrogens (tertiary/aromatic N) is 1. The van der Waals surface area contributed by atoms with Gasteiger partial charge in [-0.1, -0.05) is 25.1 Å². The van der Waals surface area contributed by atoms with Crippen molar-refractivity contribution in [2.24, 2.45) is 17.6 Å². The molecule has 0 saturated heterocycles. The fourth-order valence-corrected chi connectivity index (χ4v) is 2.74. The van der Waals surface area contributed by atoms with Gasteiger partial charge in [-0.15, -0.1) is 0 Å². The monoisotopic (exact) mass is 258 g/mol. The molecule has 1 saturated carbocycles. The van der Waals surface area contributed by atoms with Crippen molar-refractivity contribution in [3.05, 3.63) is 36.1 Å². The first-order valence-corrected chi connectivity index (χ1v) is 7.06. The maximum Gasteiger partial charge on any atom is 0.134 e. The van der Waals surface area contributed by atoms with Crippen molar-refractivity contribution >= 4 is 11.0 Å². The second-order valence-electron chi connectivity index (χ2n) is 5.99. The zero-order valence-electron chi connectivity index (χ0n) is 11.7. The Kier molecular flexibility index (Phi) is 3.33. The summed E-state index contributed by atoms with van der Waals surface area (Å²) in [5.74, 6) is 2.65. The highest BCUT2D eigenvalue weighted by atomic mass is 16.3. The van der Waals surface area contributed by atoms with Gasteiger partial charge in [0.25, 0.3) is 0 Å². The highest BCUT2D eigenvalue weighted by Gasteiger charge is 2.33. The van der Waals surface area contributed by atoms with Crippen LogP contribution in [-0.4, -0.2) is 25.0 Å². The summed E-state index contributed by atoms with van der Waals surface area (Å²) in [4.78, 5) is 2.33. The van der Waals surface area contributed by atoms with Crippen molar-refractivity contribution in [1.29, 1.82) is 0 Å². The van der Waals surface area contributed by atoms with Crippen LogP contribution in [0.4, 0.5) is 0 Å². The molecule has 2 N–H and O–H groups in total. The van der Waals surface area contributed by atoms with E-state index in [0.717, 1.165) is 41.7 Å². The number of rotatable bonds is 5. The predicted molar refractivity (Wildman–Crippen MR) is 77.9 cm³/mol. The average molecular weight is 258 g/mol. The number of hydrogen-bond donors (Lipinski definition) is 1. The number of para-hydroxylation sites is 1. The SMILES string of the molecule is CC1CC1CN(C)CC(N)c1cc2ccccc2o1. The smallest absolute Gasteiger partial charge is 0.134 e. The van der Waals surface area contributed by atoms with E-state index in [2.05, 4.69) is 31.0 Å². The molecule has 3 unspecified atom stereocenters. The van der Waals surface area contributed by atoms with Gasteiger partial charge in [-0.2, -0.15) is 0 Å². The van der Waals surface area contributed by atoms with Crippen molar-refractivity contribution in [3.63, 3.8) is 0 Å². The summed E-state index contributed by atoms with van der Waals surface area (Å²) >= 11 is 0. The van der Waals surface area contributed by atoms with Crippen molar-refractivity contribution < 1.29 is 4.42 Å². The third-order valence-electron chi connectivity index (χ3n) is 4.14. The van der Waals surface area contributed by atoms with Crippen LogP contribution in [0.15, 0.2) is 34.7 Å². The standard InChI is InChI=1S/C16H22N2O/c1-11-7-13(11)9-18(2)10-14(17)16-8-12-5-3-4-6-15(12)19-16/h3-6,8,11,13-14H,7,9-10,17H2,1-2H3. The van der Waals surface area contributed by atoms with E-state index in [-0.39, 0.29) is 6.04 Å². The van der Waals surface area contributed by atoms with Crippen LogP contribution in [0.3, 0.4) is 0 Å². The number of furan rings is 1. The van der Waals surface area contributed by atoms with Crippen LogP contribution in [0.5, 0.6) is 0 Å². The first kappa shape index (κ1) is 12.7. The summed E-state index contributed by atoms with van der Waals surface area (Å²) in [6.07, 6.45) is 1.37. The fraction of sp³-hybridized carbons (Fsp3) is 0.500. The minimum Gasteiger partial charge on any atom is -0.459 e. The average Bonchev–Trinajstić information content (AvgIpc) is 2.92. The summed E-state index contributed by atoms with van der Waals surface area (Å²) < 4.78 is 5.82. The van der Waals surface area contributed by atoms with Gasteiger partial charge < -0.3 is 15.1 Å². The van der Waals surface area contributed by atoms with Crippen LogP contribution in [0.2, 0.25) is 0 Å². The molecule has 1 fully saturated rings. The molecule has 0 bridgehead atoms. The highest BCUT2D eigenvalue weighted by Crippen LogP contribution is 2.38. The van der Waals surface area contributed by atoms with E-state index in [9.17, 15) is 0 Å². The fourth-order valence-electron chi connectivity index (χ4n) is 2.74. The van der Waals surface area contributed by atoms with E-state index >= 15 is 0 Å². The quantitative estimate of drug-likeness (QED) is 0.896. The third-order valence-corrected chi connectivity index (χ3v) is 4.14. The van der Waals surface area contributed by atoms with E-state index in [4.69, 9.17) is 10.2 Å². The second kappa shape index (κ2) is 4.99. The van der Waals surface area contributed by atoms with Gasteiger partial charge in [0, 0.05) is 18.5 Å². The van der Waals surface area contributed by atoms with Crippen molar-refractivity contribution in [1.82, 2.24) is 4.90 Å². The summed E-state index contributed by atoms with van der Waals surface area (Å²) in [6.45, 7) is 4.32. The molecule has 1 aromatic carbocycles. The number of fused-ring (bicyclic) bond motifs is 1. The van der Waals surface area contributed by atoms with E-state index in [1.54, 1.807) is 0 Å². The Hall–Kier alpha value is -1.32. The molecule has 19 heavy (non-hydrogen) atoms. The van der Waals surface area contributed by atoms with Gasteiger partial charge >= 0.3 is 0 Å². The molecule has 1 aromatic heterocycles. The van der Waals surface area contributed by atoms with Crippen LogP contribution in [0.25, 0.3) is 11.0 Å². The van der Waals surface area contributed by atoms with Gasteiger partial charge in [-0.25, -0.2) is 0 Å². The van der Waals surface area contributed by atoms with Gasteiger partial charge in [0.15, 0.2) is 0 Å². The molecule has 2 aromatic rings. The molecule has 0 aliphatic heterocycles. The summed E-state index contributed by atoms with van der Waals surface area (Å²) in [7, 11) is 2.15. The molecule has 0 radical (unpaired) electrons. The highest BCUT2D eigenvalue weighted by molar-refractivity contribution is 5.77. The first-order chi connectivity index (χ1) is 9.13. The predicted octanol–water partition coefficient (Wildman–Crippen LogP) is 3.02. The zero-order chi connectivity index (χ0) is 13.4. The Labute approximate surface area is 114 Å². The Balaban J connectivity index is 1.64. The maximum atomic E-state index is 6.26. The molecule has 1 aliphatic rings. The molecule has 3 heteroatoms. The summed E-state index contributed by atoms with van der Waals surface area (Å²) in [6, 6.07) is 10.1. The molecule has 0 amide bonds. The largest absolute Gasteiger partial charge is 0.459 e. The molecule has 3 nitrogen and oxygen atoms in total. The Morgan fingerprint density at radius 2 is 2.16 bits per heavy atom. The molecule has 1 aliphatic carbocycles. The van der Waals surface area contributed by atoms with E-state index in [0.29, 0.717) is 0 Å². The van der Waals surface area contributed by atoms with E-state index in [1.165, 1.54) is 6.42 Å². The zero-order valence-corrected chi connectivity index (χ0v) is 11.7. The molecule has 3 atom stereocenters. The second-order valence-corrected chi connectivity index (χ2v) is 5.99. The minimum absolute atomic E-state index is 0.0496. The van der Waals surface area contributed by atoms with Crippen LogP contribution < -0.4 is 5.73 Å². The summed E-state index contributed by atoms with van der Waals surface area (Å²) in [5.41, 5.74) is 7.18. The molecular formula is C16H22N2O. The Morgan fingerprint density at radius 1 is 1.42 bits per heavy atom. The first-order valence-electron chi connectivity index (χ1n) is 7.06. The lowest BCUT2D eigenvalue weighted by Gasteiger charge is -2.19. The Bertz CT molecular complexity index is 530. The van der Waals surface area contributed by atoms with Crippen LogP contribution >= 0.6 is 0 Å². The topological polar surface area (TPSA) is 42.4 Å². The van der Waals surface area contributed by atoms with E-state index < -0.39 is 0 Å². The molecular weight excluding hydrogens is 236 g/mol. The number of nitrogens with two attached hydrogens (primary N) is 1. The van der Waals surface area contributed by atoms with Crippen LogP contribution in [0, 0.1) is 11.8 Å². The lowest BCUT2D eigenvalue weighted by molar-refractivity contribution is 0.283. The van der Waals surface area contributed by atoms with Gasteiger partial charge in [0.2, 0.25) is 0 Å². The van der Waals surface area contributed by atoms with Gasteiger partial charge in [-0.05, 0) is 37.4 Å². The normalized spacial score (nSPS) is 24.0. The maximum absolute atomic E-state index is 6.26. The molecule has 102 valence electrons. The van der Waals surface area contributed by atoms with Gasteiger partial charge in [0.05, 0.1) is 6.04 Å². The summed E-state index contributed by atoms with van der Waals surface area (Å²) in [5, 5.41) is 1.13. The number of benzene rings is 1. The molecule has 3 rings (SSSR count). The number of hydrogen-bond acceptors (Lipinski definition) is 3.